The van der Waals surface area contributed by atoms with Crippen molar-refractivity contribution in [3.8, 4) is 0 Å². The first kappa shape index (κ1) is 14.9. The topological polar surface area (TPSA) is 50.7 Å². The predicted octanol–water partition coefficient (Wildman–Crippen LogP) is 3.08. The molecule has 0 saturated carbocycles. The second-order valence-electron chi connectivity index (χ2n) is 5.11. The van der Waals surface area contributed by atoms with Gasteiger partial charge in [0.15, 0.2) is 5.16 Å². The molecule has 2 aromatic heterocycles. The molecule has 0 bridgehead atoms. The van der Waals surface area contributed by atoms with Crippen LogP contribution < -0.4 is 5.32 Å². The lowest BCUT2D eigenvalue weighted by Gasteiger charge is -2.07. The smallest absolute Gasteiger partial charge is 0.194 e. The van der Waals surface area contributed by atoms with Crippen LogP contribution in [-0.2, 0) is 6.54 Å². The van der Waals surface area contributed by atoms with Gasteiger partial charge >= 0.3 is 0 Å². The van der Waals surface area contributed by atoms with E-state index in [0.29, 0.717) is 5.92 Å². The Bertz CT molecular complexity index is 540. The van der Waals surface area contributed by atoms with Crippen molar-refractivity contribution in [1.82, 2.24) is 20.3 Å². The summed E-state index contributed by atoms with van der Waals surface area (Å²) in [6, 6.07) is 6.00. The van der Waals surface area contributed by atoms with Crippen LogP contribution in [0.5, 0.6) is 0 Å². The second-order valence-corrected chi connectivity index (χ2v) is 6.10. The molecule has 0 aliphatic heterocycles. The van der Waals surface area contributed by atoms with Crippen molar-refractivity contribution in [2.75, 3.05) is 6.54 Å². The third-order valence-electron chi connectivity index (χ3n) is 2.65. The Hall–Kier alpha value is -1.46. The van der Waals surface area contributed by atoms with Crippen molar-refractivity contribution < 1.29 is 0 Å². The zero-order valence-electron chi connectivity index (χ0n) is 12.1. The number of hydrogen-bond donors (Lipinski definition) is 1. The first-order chi connectivity index (χ1) is 9.63. The number of pyridine rings is 1. The van der Waals surface area contributed by atoms with E-state index in [2.05, 4.69) is 40.2 Å². The molecule has 0 spiro atoms. The first-order valence-corrected chi connectivity index (χ1v) is 7.58. The van der Waals surface area contributed by atoms with Crippen LogP contribution in [0.1, 0.15) is 25.1 Å². The van der Waals surface area contributed by atoms with Crippen LogP contribution in [-0.4, -0.2) is 21.5 Å². The lowest BCUT2D eigenvalue weighted by atomic mass is 10.2. The van der Waals surface area contributed by atoms with E-state index in [-0.39, 0.29) is 0 Å². The molecule has 0 amide bonds. The van der Waals surface area contributed by atoms with Gasteiger partial charge in [-0.05, 0) is 48.8 Å². The molecule has 0 aromatic carbocycles. The number of hydrogen-bond acceptors (Lipinski definition) is 5. The van der Waals surface area contributed by atoms with Crippen LogP contribution in [0.15, 0.2) is 40.8 Å². The van der Waals surface area contributed by atoms with Crippen LogP contribution in [0, 0.1) is 12.8 Å². The van der Waals surface area contributed by atoms with Gasteiger partial charge in [-0.2, -0.15) is 0 Å². The van der Waals surface area contributed by atoms with Gasteiger partial charge in [-0.3, -0.25) is 0 Å². The molecule has 0 saturated heterocycles. The average molecular weight is 288 g/mol. The molecule has 5 heteroatoms. The van der Waals surface area contributed by atoms with Crippen molar-refractivity contribution in [3.63, 3.8) is 0 Å². The molecular weight excluding hydrogens is 268 g/mol. The fraction of sp³-hybridized carbons (Fsp3) is 0.400. The van der Waals surface area contributed by atoms with Gasteiger partial charge in [0.1, 0.15) is 5.03 Å². The van der Waals surface area contributed by atoms with Crippen LogP contribution in [0.25, 0.3) is 0 Å². The Labute approximate surface area is 124 Å². The highest BCUT2D eigenvalue weighted by molar-refractivity contribution is 7.99. The Kier molecular flexibility index (Phi) is 5.49. The molecule has 0 unspecified atom stereocenters. The van der Waals surface area contributed by atoms with Crippen LogP contribution in [0.3, 0.4) is 0 Å². The molecule has 0 aliphatic rings. The zero-order chi connectivity index (χ0) is 14.4. The van der Waals surface area contributed by atoms with Crippen molar-refractivity contribution in [2.45, 2.75) is 37.5 Å². The lowest BCUT2D eigenvalue weighted by molar-refractivity contribution is 0.551. The molecule has 2 rings (SSSR count). The standard InChI is InChI=1S/C15H20N4S/c1-11(2)8-16-9-13-4-5-14(18-10-13)20-15-17-7-6-12(3)19-15/h4-7,10-11,16H,8-9H2,1-3H3. The molecule has 4 nitrogen and oxygen atoms in total. The Morgan fingerprint density at radius 1 is 1.20 bits per heavy atom. The first-order valence-electron chi connectivity index (χ1n) is 6.76. The van der Waals surface area contributed by atoms with E-state index in [1.807, 2.05) is 25.3 Å². The molecule has 0 aliphatic carbocycles. The molecule has 2 heterocycles. The van der Waals surface area contributed by atoms with Crippen LogP contribution in [0.2, 0.25) is 0 Å². The average Bonchev–Trinajstić information content (AvgIpc) is 2.40. The minimum Gasteiger partial charge on any atom is -0.312 e. The molecule has 20 heavy (non-hydrogen) atoms. The van der Waals surface area contributed by atoms with Crippen molar-refractivity contribution in [3.05, 3.63) is 41.9 Å². The number of aromatic nitrogens is 3. The Balaban J connectivity index is 1.91. The molecule has 0 atom stereocenters. The summed E-state index contributed by atoms with van der Waals surface area (Å²) >= 11 is 1.49. The second kappa shape index (κ2) is 7.36. The maximum atomic E-state index is 4.44. The quantitative estimate of drug-likeness (QED) is 0.828. The third-order valence-corrected chi connectivity index (χ3v) is 3.48. The largest absolute Gasteiger partial charge is 0.312 e. The summed E-state index contributed by atoms with van der Waals surface area (Å²) in [6.45, 7) is 8.24. The fourth-order valence-corrected chi connectivity index (χ4v) is 2.38. The monoisotopic (exact) mass is 288 g/mol. The number of rotatable bonds is 6. The van der Waals surface area contributed by atoms with Crippen LogP contribution in [0.4, 0.5) is 0 Å². The van der Waals surface area contributed by atoms with E-state index in [0.717, 1.165) is 29.0 Å². The summed E-state index contributed by atoms with van der Waals surface area (Å²) in [5, 5.41) is 5.06. The van der Waals surface area contributed by atoms with Gasteiger partial charge in [-0.25, -0.2) is 15.0 Å². The molecule has 0 radical (unpaired) electrons. The summed E-state index contributed by atoms with van der Waals surface area (Å²) in [6.07, 6.45) is 3.68. The van der Waals surface area contributed by atoms with Crippen molar-refractivity contribution in [2.24, 2.45) is 5.92 Å². The summed E-state index contributed by atoms with van der Waals surface area (Å²) in [5.74, 6) is 0.663. The summed E-state index contributed by atoms with van der Waals surface area (Å²) in [7, 11) is 0. The van der Waals surface area contributed by atoms with Gasteiger partial charge < -0.3 is 5.32 Å². The highest BCUT2D eigenvalue weighted by Gasteiger charge is 2.02. The maximum absolute atomic E-state index is 4.44. The minimum absolute atomic E-state index is 0.663. The third kappa shape index (κ3) is 4.90. The normalized spacial score (nSPS) is 11.0. The van der Waals surface area contributed by atoms with E-state index in [4.69, 9.17) is 0 Å². The summed E-state index contributed by atoms with van der Waals surface area (Å²) < 4.78 is 0. The molecule has 2 aromatic rings. The van der Waals surface area contributed by atoms with E-state index in [1.54, 1.807) is 6.20 Å². The molecular formula is C15H20N4S. The Morgan fingerprint density at radius 3 is 2.70 bits per heavy atom. The van der Waals surface area contributed by atoms with E-state index < -0.39 is 0 Å². The molecule has 106 valence electrons. The van der Waals surface area contributed by atoms with E-state index in [1.165, 1.54) is 17.3 Å². The SMILES string of the molecule is Cc1ccnc(Sc2ccc(CNCC(C)C)cn2)n1. The highest BCUT2D eigenvalue weighted by atomic mass is 32.2. The maximum Gasteiger partial charge on any atom is 0.194 e. The highest BCUT2D eigenvalue weighted by Crippen LogP contribution is 2.22. The van der Waals surface area contributed by atoms with Gasteiger partial charge in [0.2, 0.25) is 0 Å². The number of aryl methyl sites for hydroxylation is 1. The van der Waals surface area contributed by atoms with Crippen molar-refractivity contribution >= 4 is 11.8 Å². The minimum atomic E-state index is 0.663. The van der Waals surface area contributed by atoms with Gasteiger partial charge in [0.25, 0.3) is 0 Å². The van der Waals surface area contributed by atoms with E-state index >= 15 is 0 Å². The van der Waals surface area contributed by atoms with Gasteiger partial charge in [0.05, 0.1) is 0 Å². The molecule has 0 fully saturated rings. The van der Waals surface area contributed by atoms with Crippen LogP contribution >= 0.6 is 11.8 Å². The number of nitrogens with one attached hydrogen (secondary N) is 1. The van der Waals surface area contributed by atoms with Crippen molar-refractivity contribution in [1.29, 1.82) is 0 Å². The van der Waals surface area contributed by atoms with Gasteiger partial charge in [-0.1, -0.05) is 19.9 Å². The fourth-order valence-electron chi connectivity index (χ4n) is 1.65. The molecule has 1 N–H and O–H groups in total. The lowest BCUT2D eigenvalue weighted by Crippen LogP contribution is -2.18. The number of nitrogens with zero attached hydrogens (tertiary/aromatic N) is 3. The van der Waals surface area contributed by atoms with E-state index in [9.17, 15) is 0 Å². The summed E-state index contributed by atoms with van der Waals surface area (Å²) in [5.41, 5.74) is 2.16. The van der Waals surface area contributed by atoms with Gasteiger partial charge in [-0.15, -0.1) is 0 Å². The Morgan fingerprint density at radius 2 is 2.05 bits per heavy atom. The summed E-state index contributed by atoms with van der Waals surface area (Å²) in [4.78, 5) is 13.0. The van der Waals surface area contributed by atoms with Gasteiger partial charge in [0, 0.05) is 24.6 Å². The zero-order valence-corrected chi connectivity index (χ0v) is 12.9. The predicted molar refractivity (Wildman–Crippen MR) is 81.7 cm³/mol.